The van der Waals surface area contributed by atoms with Gasteiger partial charge in [0, 0.05) is 0 Å². The summed E-state index contributed by atoms with van der Waals surface area (Å²) in [6.45, 7) is -0.870. The standard InChI is InChI=1S/C12H11FO9/c13-6-4(15)1-3(7(16)9(6)18)10(19)12(21)11(20)8(17)5(2-14)22-12/h1,5-6,8,11,14,17,20-21H,2H2/t5-,6?,8-,11-,12?/m0/s1. The molecule has 0 saturated carbocycles. The largest absolute Gasteiger partial charge is 0.394 e. The number of rotatable bonds is 3. The van der Waals surface area contributed by atoms with E-state index in [1.807, 2.05) is 0 Å². The lowest BCUT2D eigenvalue weighted by atomic mass is 9.87. The summed E-state index contributed by atoms with van der Waals surface area (Å²) < 4.78 is 17.7. The molecular formula is C12H11FO9. The normalized spacial score (nSPS) is 39.1. The molecule has 22 heavy (non-hydrogen) atoms. The van der Waals surface area contributed by atoms with Crippen LogP contribution in [0.5, 0.6) is 0 Å². The predicted molar refractivity (Wildman–Crippen MR) is 61.9 cm³/mol. The number of carbonyl (C=O) groups is 4. The van der Waals surface area contributed by atoms with E-state index < -0.39 is 65.6 Å². The highest BCUT2D eigenvalue weighted by Gasteiger charge is 2.60. The number of ether oxygens (including phenoxy) is 1. The summed E-state index contributed by atoms with van der Waals surface area (Å²) in [6, 6.07) is 0. The zero-order valence-corrected chi connectivity index (χ0v) is 10.8. The van der Waals surface area contributed by atoms with E-state index in [4.69, 9.17) is 5.11 Å². The van der Waals surface area contributed by atoms with Crippen LogP contribution in [-0.4, -0.2) is 80.4 Å². The van der Waals surface area contributed by atoms with Crippen molar-refractivity contribution < 1.29 is 48.7 Å². The van der Waals surface area contributed by atoms with E-state index in [-0.39, 0.29) is 6.08 Å². The highest BCUT2D eigenvalue weighted by Crippen LogP contribution is 2.33. The predicted octanol–water partition coefficient (Wildman–Crippen LogP) is -3.66. The molecule has 5 atom stereocenters. The molecule has 1 aliphatic carbocycles. The number of halogens is 1. The Balaban J connectivity index is 2.40. The summed E-state index contributed by atoms with van der Waals surface area (Å²) in [5.74, 6) is -9.76. The maximum atomic E-state index is 13.1. The molecule has 4 N–H and O–H groups in total. The van der Waals surface area contributed by atoms with Crippen molar-refractivity contribution in [2.24, 2.45) is 0 Å². The number of aliphatic hydroxyl groups excluding tert-OH is 3. The second-order valence-corrected chi connectivity index (χ2v) is 4.82. The van der Waals surface area contributed by atoms with E-state index in [0.29, 0.717) is 0 Å². The molecule has 2 aliphatic rings. The molecule has 2 unspecified atom stereocenters. The lowest BCUT2D eigenvalue weighted by Gasteiger charge is -2.25. The summed E-state index contributed by atoms with van der Waals surface area (Å²) in [5.41, 5.74) is -1.17. The fourth-order valence-corrected chi connectivity index (χ4v) is 2.16. The summed E-state index contributed by atoms with van der Waals surface area (Å²) in [6.07, 6.45) is -8.16. The zero-order valence-electron chi connectivity index (χ0n) is 10.8. The van der Waals surface area contributed by atoms with Crippen molar-refractivity contribution in [1.82, 2.24) is 0 Å². The summed E-state index contributed by atoms with van der Waals surface area (Å²) in [4.78, 5) is 46.1. The van der Waals surface area contributed by atoms with Gasteiger partial charge in [0.1, 0.15) is 18.3 Å². The van der Waals surface area contributed by atoms with Gasteiger partial charge in [-0.3, -0.25) is 19.2 Å². The van der Waals surface area contributed by atoms with Crippen molar-refractivity contribution in [3.8, 4) is 0 Å². The minimum atomic E-state index is -3.15. The molecule has 10 heteroatoms. The van der Waals surface area contributed by atoms with Gasteiger partial charge in [-0.15, -0.1) is 0 Å². The quantitative estimate of drug-likeness (QED) is 0.234. The first-order chi connectivity index (χ1) is 10.1. The van der Waals surface area contributed by atoms with Gasteiger partial charge in [0.15, 0.2) is 5.78 Å². The van der Waals surface area contributed by atoms with Crippen molar-refractivity contribution in [2.75, 3.05) is 6.61 Å². The number of hydrogen-bond acceptors (Lipinski definition) is 9. The maximum absolute atomic E-state index is 13.1. The number of carbonyl (C=O) groups excluding carboxylic acids is 4. The van der Waals surface area contributed by atoms with Crippen molar-refractivity contribution >= 4 is 23.1 Å². The van der Waals surface area contributed by atoms with Gasteiger partial charge in [-0.05, 0) is 6.08 Å². The van der Waals surface area contributed by atoms with Crippen LogP contribution in [0.15, 0.2) is 11.6 Å². The minimum absolute atomic E-state index is 0.226. The van der Waals surface area contributed by atoms with E-state index in [1.54, 1.807) is 0 Å². The van der Waals surface area contributed by atoms with Crippen molar-refractivity contribution in [3.05, 3.63) is 11.6 Å². The van der Waals surface area contributed by atoms with Gasteiger partial charge >= 0.3 is 0 Å². The molecule has 0 aromatic rings. The number of hydrogen-bond donors (Lipinski definition) is 4. The Kier molecular flexibility index (Phi) is 4.06. The molecule has 1 aliphatic heterocycles. The Morgan fingerprint density at radius 1 is 1.32 bits per heavy atom. The number of ketones is 4. The highest BCUT2D eigenvalue weighted by atomic mass is 19.1. The zero-order chi connectivity index (χ0) is 16.8. The topological polar surface area (TPSA) is 158 Å². The first-order valence-corrected chi connectivity index (χ1v) is 6.05. The monoisotopic (exact) mass is 318 g/mol. The van der Waals surface area contributed by atoms with Crippen LogP contribution < -0.4 is 0 Å². The van der Waals surface area contributed by atoms with Gasteiger partial charge in [0.05, 0.1) is 12.2 Å². The SMILES string of the molecule is O=C1C(=O)C(F)C(=O)C=C1C(=O)C1(O)O[C@@H](CO)[C@H](O)[C@@H]1O. The van der Waals surface area contributed by atoms with Crippen LogP contribution in [0.4, 0.5) is 4.39 Å². The van der Waals surface area contributed by atoms with Crippen LogP contribution in [-0.2, 0) is 23.9 Å². The van der Waals surface area contributed by atoms with E-state index >= 15 is 0 Å². The Labute approximate surface area is 121 Å². The Hall–Kier alpha value is -1.85. The van der Waals surface area contributed by atoms with Crippen LogP contribution in [0.1, 0.15) is 0 Å². The average molecular weight is 318 g/mol. The molecule has 1 fully saturated rings. The second-order valence-electron chi connectivity index (χ2n) is 4.82. The molecule has 0 aromatic heterocycles. The van der Waals surface area contributed by atoms with Crippen LogP contribution in [0.2, 0.25) is 0 Å². The summed E-state index contributed by atoms with van der Waals surface area (Å²) >= 11 is 0. The fraction of sp³-hybridized carbons (Fsp3) is 0.500. The van der Waals surface area contributed by atoms with E-state index in [2.05, 4.69) is 4.74 Å². The van der Waals surface area contributed by atoms with E-state index in [1.165, 1.54) is 0 Å². The van der Waals surface area contributed by atoms with Crippen LogP contribution in [0.3, 0.4) is 0 Å². The summed E-state index contributed by atoms with van der Waals surface area (Å²) in [7, 11) is 0. The lowest BCUT2D eigenvalue weighted by Crippen LogP contribution is -2.53. The van der Waals surface area contributed by atoms with Crippen molar-refractivity contribution in [2.45, 2.75) is 30.3 Å². The van der Waals surface area contributed by atoms with Crippen LogP contribution in [0, 0.1) is 0 Å². The van der Waals surface area contributed by atoms with Gasteiger partial charge in [0.2, 0.25) is 23.5 Å². The van der Waals surface area contributed by atoms with Gasteiger partial charge in [-0.2, -0.15) is 0 Å². The van der Waals surface area contributed by atoms with E-state index in [0.717, 1.165) is 0 Å². The molecule has 120 valence electrons. The fourth-order valence-electron chi connectivity index (χ4n) is 2.16. The third-order valence-electron chi connectivity index (χ3n) is 3.42. The molecular weight excluding hydrogens is 307 g/mol. The molecule has 0 aromatic carbocycles. The van der Waals surface area contributed by atoms with Crippen molar-refractivity contribution in [1.29, 1.82) is 0 Å². The lowest BCUT2D eigenvalue weighted by molar-refractivity contribution is -0.220. The van der Waals surface area contributed by atoms with Crippen LogP contribution >= 0.6 is 0 Å². The first kappa shape index (κ1) is 16.5. The molecule has 0 radical (unpaired) electrons. The summed E-state index contributed by atoms with van der Waals surface area (Å²) in [5, 5.41) is 38.1. The first-order valence-electron chi connectivity index (χ1n) is 6.05. The molecule has 1 heterocycles. The number of aliphatic hydroxyl groups is 4. The Morgan fingerprint density at radius 2 is 1.91 bits per heavy atom. The minimum Gasteiger partial charge on any atom is -0.394 e. The van der Waals surface area contributed by atoms with E-state index in [9.17, 15) is 38.9 Å². The number of allylic oxidation sites excluding steroid dienone is 1. The van der Waals surface area contributed by atoms with Crippen molar-refractivity contribution in [3.63, 3.8) is 0 Å². The highest BCUT2D eigenvalue weighted by molar-refractivity contribution is 6.56. The third kappa shape index (κ3) is 2.21. The molecule has 2 rings (SSSR count). The Bertz CT molecular complexity index is 597. The molecule has 0 amide bonds. The van der Waals surface area contributed by atoms with Gasteiger partial charge in [-0.1, -0.05) is 0 Å². The van der Waals surface area contributed by atoms with Crippen LogP contribution in [0.25, 0.3) is 0 Å². The molecule has 9 nitrogen and oxygen atoms in total. The number of Topliss-reactive ketones (excluding diaryl/α,β-unsaturated/α-hetero) is 3. The molecule has 1 saturated heterocycles. The smallest absolute Gasteiger partial charge is 0.261 e. The second kappa shape index (κ2) is 5.41. The number of alkyl halides is 1. The van der Waals surface area contributed by atoms with Gasteiger partial charge in [0.25, 0.3) is 5.79 Å². The van der Waals surface area contributed by atoms with Gasteiger partial charge < -0.3 is 25.2 Å². The maximum Gasteiger partial charge on any atom is 0.261 e. The third-order valence-corrected chi connectivity index (χ3v) is 3.42. The Morgan fingerprint density at radius 3 is 2.41 bits per heavy atom. The average Bonchev–Trinajstić information content (AvgIpc) is 2.73. The molecule has 0 spiro atoms. The molecule has 0 bridgehead atoms. The van der Waals surface area contributed by atoms with Gasteiger partial charge in [-0.25, -0.2) is 4.39 Å².